The normalized spacial score (nSPS) is 19.7. The van der Waals surface area contributed by atoms with E-state index in [2.05, 4.69) is 20.9 Å². The van der Waals surface area contributed by atoms with Gasteiger partial charge in [-0.15, -0.1) is 0 Å². The van der Waals surface area contributed by atoms with Crippen LogP contribution in [0.5, 0.6) is 11.5 Å². The molecule has 0 radical (unpaired) electrons. The molecule has 0 aromatic heterocycles. The SMILES string of the molecule is COc1ccc(COc2ccc3c(c2)N(C2CCC(C(=O)NC(C)C)CC2)C(NC(=O)c2ccc(F)cc2)N3)cc1. The van der Waals surface area contributed by atoms with Gasteiger partial charge in [-0.1, -0.05) is 12.1 Å². The molecule has 9 heteroatoms. The number of rotatable bonds is 9. The van der Waals surface area contributed by atoms with Gasteiger partial charge in [0.05, 0.1) is 18.5 Å². The van der Waals surface area contributed by atoms with Crippen molar-refractivity contribution in [3.63, 3.8) is 0 Å². The summed E-state index contributed by atoms with van der Waals surface area (Å²) in [6.45, 7) is 4.34. The number of carbonyl (C=O) groups excluding carboxylic acids is 2. The van der Waals surface area contributed by atoms with Crippen LogP contribution in [0.1, 0.15) is 55.5 Å². The second kappa shape index (κ2) is 12.5. The third-order valence-electron chi connectivity index (χ3n) is 7.65. The van der Waals surface area contributed by atoms with Crippen molar-refractivity contribution in [2.24, 2.45) is 5.92 Å². The van der Waals surface area contributed by atoms with Crippen LogP contribution in [-0.4, -0.2) is 37.3 Å². The van der Waals surface area contributed by atoms with Crippen LogP contribution in [0, 0.1) is 11.7 Å². The van der Waals surface area contributed by atoms with Gasteiger partial charge in [-0.2, -0.15) is 0 Å². The van der Waals surface area contributed by atoms with Crippen molar-refractivity contribution in [2.45, 2.75) is 64.5 Å². The molecule has 1 aliphatic heterocycles. The lowest BCUT2D eigenvalue weighted by molar-refractivity contribution is -0.126. The van der Waals surface area contributed by atoms with Crippen LogP contribution in [0.2, 0.25) is 0 Å². The molecule has 1 heterocycles. The van der Waals surface area contributed by atoms with E-state index in [1.54, 1.807) is 7.11 Å². The fourth-order valence-electron chi connectivity index (χ4n) is 5.52. The number of carbonyl (C=O) groups is 2. The van der Waals surface area contributed by atoms with Gasteiger partial charge in [0.1, 0.15) is 23.9 Å². The lowest BCUT2D eigenvalue weighted by atomic mass is 9.84. The highest BCUT2D eigenvalue weighted by Crippen LogP contribution is 2.42. The molecule has 0 saturated heterocycles. The monoisotopic (exact) mass is 560 g/mol. The van der Waals surface area contributed by atoms with Gasteiger partial charge in [-0.3, -0.25) is 9.59 Å². The summed E-state index contributed by atoms with van der Waals surface area (Å²) in [6, 6.07) is 19.3. The molecule has 0 bridgehead atoms. The van der Waals surface area contributed by atoms with E-state index in [9.17, 15) is 14.0 Å². The van der Waals surface area contributed by atoms with E-state index in [1.807, 2.05) is 56.3 Å². The van der Waals surface area contributed by atoms with Crippen LogP contribution in [0.3, 0.4) is 0 Å². The van der Waals surface area contributed by atoms with E-state index in [0.29, 0.717) is 17.9 Å². The zero-order valence-electron chi connectivity index (χ0n) is 23.7. The summed E-state index contributed by atoms with van der Waals surface area (Å²) in [5, 5.41) is 9.56. The first-order chi connectivity index (χ1) is 19.8. The van der Waals surface area contributed by atoms with Crippen LogP contribution < -0.4 is 30.3 Å². The molecule has 2 amide bonds. The van der Waals surface area contributed by atoms with E-state index < -0.39 is 12.1 Å². The fourth-order valence-corrected chi connectivity index (χ4v) is 5.52. The second-order valence-corrected chi connectivity index (χ2v) is 10.9. The number of hydrogen-bond acceptors (Lipinski definition) is 6. The number of nitrogens with one attached hydrogen (secondary N) is 3. The van der Waals surface area contributed by atoms with Gasteiger partial charge in [0.2, 0.25) is 5.91 Å². The van der Waals surface area contributed by atoms with E-state index in [0.717, 1.165) is 48.4 Å². The average Bonchev–Trinajstić information content (AvgIpc) is 3.33. The van der Waals surface area contributed by atoms with Crippen LogP contribution in [0.25, 0.3) is 0 Å². The number of amides is 2. The molecule has 1 saturated carbocycles. The maximum absolute atomic E-state index is 13.4. The molecular weight excluding hydrogens is 523 g/mol. The summed E-state index contributed by atoms with van der Waals surface area (Å²) in [4.78, 5) is 28.0. The molecule has 2 aliphatic rings. The molecule has 41 heavy (non-hydrogen) atoms. The standard InChI is InChI=1S/C32H37FN4O4/c1-20(2)34-30(38)23-8-12-25(13-9-23)37-29-18-27(41-19-21-4-14-26(40-3)15-5-21)16-17-28(29)35-32(37)36-31(39)22-6-10-24(33)11-7-22/h4-7,10-11,14-18,20,23,25,32,35H,8-9,12-13,19H2,1-3H3,(H,34,38)(H,36,39). The van der Waals surface area contributed by atoms with Crippen molar-refractivity contribution >= 4 is 23.2 Å². The van der Waals surface area contributed by atoms with Gasteiger partial charge >= 0.3 is 0 Å². The predicted octanol–water partition coefficient (Wildman–Crippen LogP) is 5.44. The van der Waals surface area contributed by atoms with Gasteiger partial charge in [-0.05, 0) is 93.6 Å². The maximum Gasteiger partial charge on any atom is 0.254 e. The Balaban J connectivity index is 1.34. The highest BCUT2D eigenvalue weighted by Gasteiger charge is 2.38. The Morgan fingerprint density at radius 1 is 0.976 bits per heavy atom. The third-order valence-corrected chi connectivity index (χ3v) is 7.65. The molecule has 5 rings (SSSR count). The number of methoxy groups -OCH3 is 1. The Bertz CT molecular complexity index is 1360. The highest BCUT2D eigenvalue weighted by atomic mass is 19.1. The fraction of sp³-hybridized carbons (Fsp3) is 0.375. The molecule has 8 nitrogen and oxygen atoms in total. The molecular formula is C32H37FN4O4. The third kappa shape index (κ3) is 6.73. The summed E-state index contributed by atoms with van der Waals surface area (Å²) in [5.41, 5.74) is 3.20. The van der Waals surface area contributed by atoms with Crippen molar-refractivity contribution in [3.05, 3.63) is 83.7 Å². The van der Waals surface area contributed by atoms with Crippen LogP contribution in [-0.2, 0) is 11.4 Å². The first-order valence-electron chi connectivity index (χ1n) is 14.1. The topological polar surface area (TPSA) is 91.9 Å². The number of halogens is 1. The molecule has 1 unspecified atom stereocenters. The predicted molar refractivity (Wildman–Crippen MR) is 157 cm³/mol. The van der Waals surface area contributed by atoms with Gasteiger partial charge in [0, 0.05) is 29.6 Å². The maximum atomic E-state index is 13.4. The quantitative estimate of drug-likeness (QED) is 0.323. The largest absolute Gasteiger partial charge is 0.497 e. The van der Waals surface area contributed by atoms with Gasteiger partial charge in [0.15, 0.2) is 6.29 Å². The van der Waals surface area contributed by atoms with Crippen molar-refractivity contribution in [1.82, 2.24) is 10.6 Å². The van der Waals surface area contributed by atoms with E-state index in [1.165, 1.54) is 24.3 Å². The Hall–Kier alpha value is -4.27. The summed E-state index contributed by atoms with van der Waals surface area (Å²) in [5.74, 6) is 0.889. The van der Waals surface area contributed by atoms with E-state index in [4.69, 9.17) is 9.47 Å². The number of nitrogens with zero attached hydrogens (tertiary/aromatic N) is 1. The molecule has 1 aliphatic carbocycles. The number of hydrogen-bond donors (Lipinski definition) is 3. The first kappa shape index (κ1) is 28.3. The molecule has 3 aromatic carbocycles. The number of benzene rings is 3. The minimum atomic E-state index is -0.509. The van der Waals surface area contributed by atoms with Gasteiger partial charge < -0.3 is 30.3 Å². The van der Waals surface area contributed by atoms with Crippen molar-refractivity contribution in [2.75, 3.05) is 17.3 Å². The second-order valence-electron chi connectivity index (χ2n) is 10.9. The Labute approximate surface area is 240 Å². The summed E-state index contributed by atoms with van der Waals surface area (Å²) >= 11 is 0. The lowest BCUT2D eigenvalue weighted by Crippen LogP contribution is -2.54. The number of anilines is 2. The number of fused-ring (bicyclic) bond motifs is 1. The van der Waals surface area contributed by atoms with Crippen LogP contribution in [0.4, 0.5) is 15.8 Å². The highest BCUT2D eigenvalue weighted by molar-refractivity contribution is 5.95. The van der Waals surface area contributed by atoms with Crippen LogP contribution in [0.15, 0.2) is 66.7 Å². The van der Waals surface area contributed by atoms with E-state index in [-0.39, 0.29) is 29.8 Å². The Morgan fingerprint density at radius 2 is 1.66 bits per heavy atom. The average molecular weight is 561 g/mol. The van der Waals surface area contributed by atoms with Crippen molar-refractivity contribution < 1.29 is 23.5 Å². The molecule has 1 atom stereocenters. The Morgan fingerprint density at radius 3 is 2.32 bits per heavy atom. The Kier molecular flexibility index (Phi) is 8.61. The molecule has 0 spiro atoms. The molecule has 1 fully saturated rings. The van der Waals surface area contributed by atoms with E-state index >= 15 is 0 Å². The minimum Gasteiger partial charge on any atom is -0.497 e. The van der Waals surface area contributed by atoms with Gasteiger partial charge in [-0.25, -0.2) is 4.39 Å². The zero-order valence-corrected chi connectivity index (χ0v) is 23.7. The zero-order chi connectivity index (χ0) is 28.9. The van der Waals surface area contributed by atoms with Gasteiger partial charge in [0.25, 0.3) is 5.91 Å². The minimum absolute atomic E-state index is 0.0184. The summed E-state index contributed by atoms with van der Waals surface area (Å²) < 4.78 is 24.8. The molecule has 3 aromatic rings. The van der Waals surface area contributed by atoms with Crippen molar-refractivity contribution in [3.8, 4) is 11.5 Å². The smallest absolute Gasteiger partial charge is 0.254 e. The summed E-state index contributed by atoms with van der Waals surface area (Å²) in [6.07, 6.45) is 2.63. The lowest BCUT2D eigenvalue weighted by Gasteiger charge is -2.39. The molecule has 216 valence electrons. The molecule has 3 N–H and O–H groups in total. The van der Waals surface area contributed by atoms with Crippen LogP contribution >= 0.6 is 0 Å². The number of ether oxygens (including phenoxy) is 2. The van der Waals surface area contributed by atoms with Crippen molar-refractivity contribution in [1.29, 1.82) is 0 Å². The first-order valence-corrected chi connectivity index (χ1v) is 14.1. The summed E-state index contributed by atoms with van der Waals surface area (Å²) in [7, 11) is 1.64.